The molecular weight excluding hydrogens is 287 g/mol. The van der Waals surface area contributed by atoms with Crippen molar-refractivity contribution in [3.63, 3.8) is 0 Å². The topological polar surface area (TPSA) is 84.1 Å². The van der Waals surface area contributed by atoms with Crippen molar-refractivity contribution in [2.45, 2.75) is 19.0 Å². The van der Waals surface area contributed by atoms with E-state index in [0.29, 0.717) is 25.9 Å². The summed E-state index contributed by atoms with van der Waals surface area (Å²) in [4.78, 5) is 20.0. The van der Waals surface area contributed by atoms with Crippen molar-refractivity contribution in [2.24, 2.45) is 5.92 Å². The average Bonchev–Trinajstić information content (AvgIpc) is 2.45. The average molecular weight is 303 g/mol. The molecule has 1 aliphatic heterocycles. The molecule has 116 valence electrons. The van der Waals surface area contributed by atoms with Crippen LogP contribution in [0.3, 0.4) is 0 Å². The Morgan fingerprint density at radius 3 is 2.81 bits per heavy atom. The van der Waals surface area contributed by atoms with Gasteiger partial charge in [-0.3, -0.25) is 4.79 Å². The summed E-state index contributed by atoms with van der Waals surface area (Å²) < 4.78 is 38.1. The van der Waals surface area contributed by atoms with E-state index in [1.807, 2.05) is 0 Å². The van der Waals surface area contributed by atoms with Crippen molar-refractivity contribution in [1.29, 1.82) is 0 Å². The first-order valence-corrected chi connectivity index (χ1v) is 6.49. The Hall–Kier alpha value is -2.06. The maximum Gasteiger partial charge on any atom is 0.451 e. The molecule has 0 bridgehead atoms. The number of amides is 1. The van der Waals surface area contributed by atoms with Crippen molar-refractivity contribution in [3.05, 3.63) is 11.9 Å². The molecule has 0 saturated carbocycles. The normalized spacial score (nSPS) is 19.4. The number of halogens is 3. The highest BCUT2D eigenvalue weighted by molar-refractivity contribution is 5.79. The molecule has 2 heterocycles. The summed E-state index contributed by atoms with van der Waals surface area (Å²) in [5.74, 6) is -1.80. The van der Waals surface area contributed by atoms with E-state index in [1.165, 1.54) is 13.1 Å². The third-order valence-corrected chi connectivity index (χ3v) is 3.35. The van der Waals surface area contributed by atoms with Gasteiger partial charge < -0.3 is 16.0 Å². The van der Waals surface area contributed by atoms with E-state index in [9.17, 15) is 18.0 Å². The summed E-state index contributed by atoms with van der Waals surface area (Å²) in [6, 6.07) is 1.29. The molecular formula is C12H16F3N5O. The predicted octanol–water partition coefficient (Wildman–Crippen LogP) is 1.04. The molecule has 6 nitrogen and oxygen atoms in total. The van der Waals surface area contributed by atoms with Crippen LogP contribution in [0, 0.1) is 5.92 Å². The third kappa shape index (κ3) is 3.53. The van der Waals surface area contributed by atoms with Gasteiger partial charge in [-0.15, -0.1) is 0 Å². The summed E-state index contributed by atoms with van der Waals surface area (Å²) >= 11 is 0. The molecule has 1 amide bonds. The molecule has 0 radical (unpaired) electrons. The fraction of sp³-hybridized carbons (Fsp3) is 0.583. The number of nitrogens with one attached hydrogen (secondary N) is 1. The molecule has 1 fully saturated rings. The number of aromatic nitrogens is 2. The molecule has 1 aromatic rings. The van der Waals surface area contributed by atoms with Gasteiger partial charge in [0.25, 0.3) is 0 Å². The number of carbonyl (C=O) groups is 1. The van der Waals surface area contributed by atoms with E-state index in [4.69, 9.17) is 5.73 Å². The van der Waals surface area contributed by atoms with Crippen molar-refractivity contribution in [3.8, 4) is 0 Å². The van der Waals surface area contributed by atoms with Crippen molar-refractivity contribution in [2.75, 3.05) is 30.8 Å². The lowest BCUT2D eigenvalue weighted by Crippen LogP contribution is -2.42. The second-order valence-corrected chi connectivity index (χ2v) is 4.87. The molecule has 1 aliphatic rings. The molecule has 9 heteroatoms. The van der Waals surface area contributed by atoms with E-state index >= 15 is 0 Å². The fourth-order valence-corrected chi connectivity index (χ4v) is 2.34. The van der Waals surface area contributed by atoms with Crippen LogP contribution < -0.4 is 16.0 Å². The van der Waals surface area contributed by atoms with Gasteiger partial charge in [-0.25, -0.2) is 9.97 Å². The van der Waals surface area contributed by atoms with Crippen LogP contribution >= 0.6 is 0 Å². The minimum Gasteiger partial charge on any atom is -0.384 e. The maximum atomic E-state index is 12.7. The molecule has 1 aromatic heterocycles. The first-order valence-electron chi connectivity index (χ1n) is 6.49. The molecule has 0 aromatic carbocycles. The molecule has 1 saturated heterocycles. The van der Waals surface area contributed by atoms with E-state index in [0.717, 1.165) is 0 Å². The van der Waals surface area contributed by atoms with Crippen molar-refractivity contribution < 1.29 is 18.0 Å². The van der Waals surface area contributed by atoms with Gasteiger partial charge in [-0.1, -0.05) is 0 Å². The standard InChI is InChI=1S/C12H16F3N5O/c1-17-10(21)7-3-2-4-20(6-7)9-5-8(16)18-11(19-9)12(13,14)15/h5,7H,2-4,6H2,1H3,(H,17,21)(H2,16,18,19). The van der Waals surface area contributed by atoms with Gasteiger partial charge in [0.2, 0.25) is 11.7 Å². The number of hydrogen-bond donors (Lipinski definition) is 2. The predicted molar refractivity (Wildman–Crippen MR) is 70.5 cm³/mol. The van der Waals surface area contributed by atoms with Gasteiger partial charge in [0.05, 0.1) is 5.92 Å². The van der Waals surface area contributed by atoms with E-state index in [2.05, 4.69) is 15.3 Å². The molecule has 2 rings (SSSR count). The minimum atomic E-state index is -4.65. The van der Waals surface area contributed by atoms with E-state index in [1.54, 1.807) is 4.90 Å². The Labute approximate surface area is 119 Å². The zero-order chi connectivity index (χ0) is 15.6. The quantitative estimate of drug-likeness (QED) is 0.853. The number of nitrogen functional groups attached to an aromatic ring is 1. The van der Waals surface area contributed by atoms with Crippen LogP contribution in [0.2, 0.25) is 0 Å². The summed E-state index contributed by atoms with van der Waals surface area (Å²) in [5, 5.41) is 2.55. The molecule has 21 heavy (non-hydrogen) atoms. The SMILES string of the molecule is CNC(=O)C1CCCN(c2cc(N)nc(C(F)(F)F)n2)C1. The molecule has 0 aliphatic carbocycles. The lowest BCUT2D eigenvalue weighted by molar-refractivity contribution is -0.144. The number of nitrogens with two attached hydrogens (primary N) is 1. The first kappa shape index (κ1) is 15.3. The number of alkyl halides is 3. The Bertz CT molecular complexity index is 534. The van der Waals surface area contributed by atoms with Crippen molar-refractivity contribution in [1.82, 2.24) is 15.3 Å². The summed E-state index contributed by atoms with van der Waals surface area (Å²) in [6.45, 7) is 0.842. The van der Waals surface area contributed by atoms with Crippen LogP contribution in [-0.2, 0) is 11.0 Å². The lowest BCUT2D eigenvalue weighted by Gasteiger charge is -2.32. The summed E-state index contributed by atoms with van der Waals surface area (Å²) in [5.41, 5.74) is 5.43. The molecule has 1 atom stereocenters. The molecule has 1 unspecified atom stereocenters. The van der Waals surface area contributed by atoms with Gasteiger partial charge in [-0.2, -0.15) is 13.2 Å². The van der Waals surface area contributed by atoms with Crippen LogP contribution in [0.15, 0.2) is 6.07 Å². The molecule has 0 spiro atoms. The number of hydrogen-bond acceptors (Lipinski definition) is 5. The zero-order valence-electron chi connectivity index (χ0n) is 11.4. The van der Waals surface area contributed by atoms with Gasteiger partial charge >= 0.3 is 6.18 Å². The number of anilines is 2. The smallest absolute Gasteiger partial charge is 0.384 e. The van der Waals surface area contributed by atoms with Crippen LogP contribution in [0.1, 0.15) is 18.7 Å². The van der Waals surface area contributed by atoms with E-state index < -0.39 is 12.0 Å². The number of piperidine rings is 1. The summed E-state index contributed by atoms with van der Waals surface area (Å²) in [7, 11) is 1.53. The van der Waals surface area contributed by atoms with Crippen LogP contribution in [-0.4, -0.2) is 36.0 Å². The maximum absolute atomic E-state index is 12.7. The first-order chi connectivity index (χ1) is 9.81. The van der Waals surface area contributed by atoms with Crippen LogP contribution in [0.5, 0.6) is 0 Å². The summed E-state index contributed by atoms with van der Waals surface area (Å²) in [6.07, 6.45) is -3.26. The van der Waals surface area contributed by atoms with Crippen LogP contribution in [0.25, 0.3) is 0 Å². The zero-order valence-corrected chi connectivity index (χ0v) is 11.4. The lowest BCUT2D eigenvalue weighted by atomic mass is 9.97. The Morgan fingerprint density at radius 1 is 1.48 bits per heavy atom. The van der Waals surface area contributed by atoms with Gasteiger partial charge in [-0.05, 0) is 12.8 Å². The van der Waals surface area contributed by atoms with Crippen molar-refractivity contribution >= 4 is 17.5 Å². The number of rotatable bonds is 2. The number of carbonyl (C=O) groups excluding carboxylic acids is 1. The fourth-order valence-electron chi connectivity index (χ4n) is 2.34. The highest BCUT2D eigenvalue weighted by atomic mass is 19.4. The van der Waals surface area contributed by atoms with Gasteiger partial charge in [0.1, 0.15) is 11.6 Å². The second-order valence-electron chi connectivity index (χ2n) is 4.87. The molecule has 3 N–H and O–H groups in total. The monoisotopic (exact) mass is 303 g/mol. The van der Waals surface area contributed by atoms with Gasteiger partial charge in [0, 0.05) is 26.2 Å². The second kappa shape index (κ2) is 5.74. The number of nitrogens with zero attached hydrogens (tertiary/aromatic N) is 3. The Kier molecular flexibility index (Phi) is 4.19. The van der Waals surface area contributed by atoms with Gasteiger partial charge in [0.15, 0.2) is 0 Å². The van der Waals surface area contributed by atoms with Crippen LogP contribution in [0.4, 0.5) is 24.8 Å². The highest BCUT2D eigenvalue weighted by Gasteiger charge is 2.36. The third-order valence-electron chi connectivity index (χ3n) is 3.35. The highest BCUT2D eigenvalue weighted by Crippen LogP contribution is 2.30. The largest absolute Gasteiger partial charge is 0.451 e. The Morgan fingerprint density at radius 2 is 2.19 bits per heavy atom. The minimum absolute atomic E-state index is 0.100. The van der Waals surface area contributed by atoms with E-state index in [-0.39, 0.29) is 23.5 Å². The Balaban J connectivity index is 2.25.